The highest BCUT2D eigenvalue weighted by molar-refractivity contribution is 6.22. The molecule has 0 atom stereocenters. The van der Waals surface area contributed by atoms with Crippen molar-refractivity contribution in [2.45, 2.75) is 32.7 Å². The van der Waals surface area contributed by atoms with Gasteiger partial charge in [-0.1, -0.05) is 0 Å². The third-order valence-electron chi connectivity index (χ3n) is 4.24. The van der Waals surface area contributed by atoms with E-state index in [1.54, 1.807) is 39.2 Å². The Morgan fingerprint density at radius 1 is 1.15 bits per heavy atom. The van der Waals surface area contributed by atoms with Crippen molar-refractivity contribution in [2.75, 3.05) is 6.54 Å². The fourth-order valence-electron chi connectivity index (χ4n) is 2.99. The predicted octanol–water partition coefficient (Wildman–Crippen LogP) is 1.79. The Labute approximate surface area is 152 Å². The molecule has 7 nitrogen and oxygen atoms in total. The van der Waals surface area contributed by atoms with E-state index in [0.717, 1.165) is 5.69 Å². The fourth-order valence-corrected chi connectivity index (χ4v) is 2.99. The van der Waals surface area contributed by atoms with Crippen molar-refractivity contribution in [3.63, 3.8) is 0 Å². The number of benzene rings is 1. The summed E-state index contributed by atoms with van der Waals surface area (Å²) in [6.07, 6.45) is 4.22. The Hall–Kier alpha value is -2.96. The van der Waals surface area contributed by atoms with Crippen molar-refractivity contribution in [1.29, 1.82) is 0 Å². The fraction of sp³-hybridized carbons (Fsp3) is 0.368. The summed E-state index contributed by atoms with van der Waals surface area (Å²) in [6, 6.07) is 4.62. The number of imidazole rings is 1. The minimum atomic E-state index is -0.613. The van der Waals surface area contributed by atoms with Gasteiger partial charge in [0.15, 0.2) is 0 Å². The number of hydrogen-bond donors (Lipinski definition) is 1. The second kappa shape index (κ2) is 6.40. The van der Waals surface area contributed by atoms with Crippen LogP contribution in [-0.2, 0) is 13.5 Å². The molecule has 2 aromatic rings. The van der Waals surface area contributed by atoms with Crippen LogP contribution in [0.2, 0.25) is 0 Å². The summed E-state index contributed by atoms with van der Waals surface area (Å²) in [6.45, 7) is 5.85. The third-order valence-corrected chi connectivity index (χ3v) is 4.24. The number of nitrogens with zero attached hydrogens (tertiary/aromatic N) is 3. The largest absolute Gasteiger partial charge is 0.352 e. The summed E-state index contributed by atoms with van der Waals surface area (Å²) in [5.74, 6) is -0.960. The van der Waals surface area contributed by atoms with Crippen LogP contribution in [0.4, 0.5) is 0 Å². The van der Waals surface area contributed by atoms with Crippen LogP contribution in [0.3, 0.4) is 0 Å². The quantitative estimate of drug-likeness (QED) is 0.849. The number of carbonyl (C=O) groups is 3. The highest BCUT2D eigenvalue weighted by atomic mass is 16.2. The van der Waals surface area contributed by atoms with Crippen LogP contribution in [0.5, 0.6) is 0 Å². The maximum Gasteiger partial charge on any atom is 0.262 e. The van der Waals surface area contributed by atoms with Gasteiger partial charge in [-0.2, -0.15) is 0 Å². The zero-order valence-electron chi connectivity index (χ0n) is 15.4. The van der Waals surface area contributed by atoms with Gasteiger partial charge in [-0.15, -0.1) is 0 Å². The van der Waals surface area contributed by atoms with E-state index in [2.05, 4.69) is 10.3 Å². The van der Waals surface area contributed by atoms with Gasteiger partial charge in [0.05, 0.1) is 23.1 Å². The number of amides is 3. The Bertz CT molecular complexity index is 892. The number of nitrogens with one attached hydrogen (secondary N) is 1. The monoisotopic (exact) mass is 354 g/mol. The minimum absolute atomic E-state index is 0.279. The lowest BCUT2D eigenvalue weighted by molar-refractivity contribution is 0.0507. The van der Waals surface area contributed by atoms with Gasteiger partial charge in [0.1, 0.15) is 0 Å². The van der Waals surface area contributed by atoms with Gasteiger partial charge >= 0.3 is 0 Å². The molecule has 0 fully saturated rings. The predicted molar refractivity (Wildman–Crippen MR) is 95.9 cm³/mol. The second-order valence-electron chi connectivity index (χ2n) is 7.41. The molecule has 26 heavy (non-hydrogen) atoms. The molecule has 1 N–H and O–H groups in total. The number of imide groups is 1. The molecular formula is C19H22N4O3. The molecule has 3 amide bonds. The van der Waals surface area contributed by atoms with Crippen LogP contribution in [-0.4, -0.2) is 44.3 Å². The van der Waals surface area contributed by atoms with Gasteiger partial charge in [-0.3, -0.25) is 19.3 Å². The van der Waals surface area contributed by atoms with Crippen molar-refractivity contribution in [3.05, 3.63) is 53.1 Å². The molecule has 136 valence electrons. The number of carbonyl (C=O) groups excluding carboxylic acids is 3. The van der Waals surface area contributed by atoms with Crippen molar-refractivity contribution in [3.8, 4) is 0 Å². The van der Waals surface area contributed by atoms with Gasteiger partial charge in [0, 0.05) is 37.3 Å². The van der Waals surface area contributed by atoms with Crippen molar-refractivity contribution < 1.29 is 14.4 Å². The molecule has 1 aliphatic heterocycles. The lowest BCUT2D eigenvalue weighted by Gasteiger charge is -2.29. The summed E-state index contributed by atoms with van der Waals surface area (Å²) < 4.78 is 1.85. The number of fused-ring (bicyclic) bond motifs is 1. The van der Waals surface area contributed by atoms with Crippen LogP contribution >= 0.6 is 0 Å². The van der Waals surface area contributed by atoms with Gasteiger partial charge in [0.25, 0.3) is 17.7 Å². The summed E-state index contributed by atoms with van der Waals surface area (Å²) in [7, 11) is 1.89. The Balaban J connectivity index is 1.71. The smallest absolute Gasteiger partial charge is 0.262 e. The molecule has 1 aromatic heterocycles. The van der Waals surface area contributed by atoms with E-state index >= 15 is 0 Å². The van der Waals surface area contributed by atoms with Crippen LogP contribution < -0.4 is 5.32 Å². The number of aromatic nitrogens is 2. The molecular weight excluding hydrogens is 332 g/mol. The zero-order valence-corrected chi connectivity index (χ0v) is 15.4. The van der Waals surface area contributed by atoms with Crippen molar-refractivity contribution in [2.24, 2.45) is 7.05 Å². The summed E-state index contributed by atoms with van der Waals surface area (Å²) in [5.41, 5.74) is 1.26. The number of rotatable bonds is 4. The molecule has 1 aliphatic rings. The molecule has 1 aromatic carbocycles. The normalized spacial score (nSPS) is 13.9. The Morgan fingerprint density at radius 3 is 2.46 bits per heavy atom. The van der Waals surface area contributed by atoms with Crippen molar-refractivity contribution >= 4 is 17.7 Å². The van der Waals surface area contributed by atoms with Gasteiger partial charge < -0.3 is 9.88 Å². The molecule has 3 rings (SSSR count). The first-order valence-electron chi connectivity index (χ1n) is 8.46. The third kappa shape index (κ3) is 3.24. The number of hydrogen-bond acceptors (Lipinski definition) is 4. The lowest BCUT2D eigenvalue weighted by atomic mass is 10.1. The minimum Gasteiger partial charge on any atom is -0.352 e. The highest BCUT2D eigenvalue weighted by Gasteiger charge is 2.42. The average molecular weight is 354 g/mol. The van der Waals surface area contributed by atoms with Gasteiger partial charge in [-0.05, 0) is 39.0 Å². The summed E-state index contributed by atoms with van der Waals surface area (Å²) >= 11 is 0. The first-order valence-corrected chi connectivity index (χ1v) is 8.46. The summed E-state index contributed by atoms with van der Waals surface area (Å²) in [5, 5.41) is 2.82. The highest BCUT2D eigenvalue weighted by Crippen LogP contribution is 2.29. The van der Waals surface area contributed by atoms with Crippen LogP contribution in [0.1, 0.15) is 57.5 Å². The first-order chi connectivity index (χ1) is 12.2. The van der Waals surface area contributed by atoms with E-state index in [4.69, 9.17) is 0 Å². The van der Waals surface area contributed by atoms with E-state index in [1.165, 1.54) is 11.0 Å². The van der Waals surface area contributed by atoms with Crippen LogP contribution in [0.15, 0.2) is 30.7 Å². The van der Waals surface area contributed by atoms with E-state index in [-0.39, 0.29) is 23.3 Å². The van der Waals surface area contributed by atoms with Crippen LogP contribution in [0, 0.1) is 0 Å². The van der Waals surface area contributed by atoms with E-state index in [9.17, 15) is 14.4 Å². The van der Waals surface area contributed by atoms with Gasteiger partial charge in [-0.25, -0.2) is 4.98 Å². The van der Waals surface area contributed by atoms with E-state index in [0.29, 0.717) is 24.1 Å². The second-order valence-corrected chi connectivity index (χ2v) is 7.41. The molecule has 0 saturated carbocycles. The topological polar surface area (TPSA) is 84.3 Å². The average Bonchev–Trinajstić information content (AvgIpc) is 3.08. The molecule has 0 radical (unpaired) electrons. The standard InChI is InChI=1S/C19H22N4O3/c1-19(2,3)23-17(25)14-6-5-12(9-15(14)18(23)26)16(24)20-8-7-13-10-22(4)11-21-13/h5-6,9-11H,7-8H2,1-4H3,(H,20,24). The van der Waals surface area contributed by atoms with Crippen molar-refractivity contribution in [1.82, 2.24) is 19.8 Å². The Kier molecular flexibility index (Phi) is 4.39. The summed E-state index contributed by atoms with van der Waals surface area (Å²) in [4.78, 5) is 42.9. The maximum atomic E-state index is 12.6. The van der Waals surface area contributed by atoms with Crippen LogP contribution in [0.25, 0.3) is 0 Å². The molecule has 0 aliphatic carbocycles. The van der Waals surface area contributed by atoms with Gasteiger partial charge in [0.2, 0.25) is 0 Å². The SMILES string of the molecule is Cn1cnc(CCNC(=O)c2ccc3c(c2)C(=O)N(C(C)(C)C)C3=O)c1. The number of aryl methyl sites for hydroxylation is 1. The molecule has 0 unspecified atom stereocenters. The molecule has 2 heterocycles. The zero-order chi connectivity index (χ0) is 19.1. The Morgan fingerprint density at radius 2 is 1.85 bits per heavy atom. The molecule has 0 saturated heterocycles. The maximum absolute atomic E-state index is 12.6. The van der Waals surface area contributed by atoms with E-state index < -0.39 is 5.54 Å². The first kappa shape index (κ1) is 17.8. The molecule has 0 spiro atoms. The van der Waals surface area contributed by atoms with E-state index in [1.807, 2.05) is 17.8 Å². The molecule has 7 heteroatoms. The lowest BCUT2D eigenvalue weighted by Crippen LogP contribution is -2.45. The molecule has 0 bridgehead atoms.